The second-order valence-electron chi connectivity index (χ2n) is 3.28. The number of hydrogen-bond donors (Lipinski definition) is 1. The molecule has 0 bridgehead atoms. The molecule has 0 aliphatic heterocycles. The summed E-state index contributed by atoms with van der Waals surface area (Å²) in [5.74, 6) is 0. The van der Waals surface area contributed by atoms with E-state index in [9.17, 15) is 4.79 Å². The predicted molar refractivity (Wildman–Crippen MR) is 61.8 cm³/mol. The molecule has 1 aromatic heterocycles. The van der Waals surface area contributed by atoms with Gasteiger partial charge in [0.1, 0.15) is 0 Å². The van der Waals surface area contributed by atoms with E-state index in [0.29, 0.717) is 5.56 Å². The Morgan fingerprint density at radius 2 is 2.27 bits per heavy atom. The summed E-state index contributed by atoms with van der Waals surface area (Å²) in [6, 6.07) is 5.91. The SMILES string of the molecule is Cc1cc(-c2[nH]ncc2C=O)ccc1Br. The van der Waals surface area contributed by atoms with Crippen LogP contribution in [-0.4, -0.2) is 16.5 Å². The highest BCUT2D eigenvalue weighted by molar-refractivity contribution is 9.10. The zero-order valence-electron chi connectivity index (χ0n) is 8.12. The lowest BCUT2D eigenvalue weighted by atomic mass is 10.1. The number of carbonyl (C=O) groups is 1. The molecule has 15 heavy (non-hydrogen) atoms. The van der Waals surface area contributed by atoms with E-state index < -0.39 is 0 Å². The maximum Gasteiger partial charge on any atom is 0.153 e. The Balaban J connectivity index is 2.54. The molecule has 0 atom stereocenters. The first-order valence-electron chi connectivity index (χ1n) is 4.47. The summed E-state index contributed by atoms with van der Waals surface area (Å²) in [5, 5.41) is 6.68. The molecule has 76 valence electrons. The van der Waals surface area contributed by atoms with E-state index in [1.807, 2.05) is 25.1 Å². The van der Waals surface area contributed by atoms with Crippen LogP contribution in [0.25, 0.3) is 11.3 Å². The first kappa shape index (κ1) is 10.1. The normalized spacial score (nSPS) is 10.3. The third kappa shape index (κ3) is 1.85. The largest absolute Gasteiger partial charge is 0.298 e. The molecule has 0 saturated heterocycles. The first-order valence-corrected chi connectivity index (χ1v) is 5.26. The third-order valence-electron chi connectivity index (χ3n) is 2.24. The van der Waals surface area contributed by atoms with Gasteiger partial charge in [0.15, 0.2) is 6.29 Å². The molecular formula is C11H9BrN2O. The van der Waals surface area contributed by atoms with Crippen molar-refractivity contribution in [2.45, 2.75) is 6.92 Å². The van der Waals surface area contributed by atoms with Crippen LogP contribution in [0.3, 0.4) is 0 Å². The minimum atomic E-state index is 0.580. The van der Waals surface area contributed by atoms with E-state index in [0.717, 1.165) is 27.6 Å². The number of nitrogens with one attached hydrogen (secondary N) is 1. The number of aldehydes is 1. The van der Waals surface area contributed by atoms with E-state index >= 15 is 0 Å². The third-order valence-corrected chi connectivity index (χ3v) is 3.13. The molecule has 1 aromatic carbocycles. The van der Waals surface area contributed by atoms with Gasteiger partial charge in [-0.3, -0.25) is 9.89 Å². The number of nitrogens with zero attached hydrogens (tertiary/aromatic N) is 1. The lowest BCUT2D eigenvalue weighted by Gasteiger charge is -2.02. The van der Waals surface area contributed by atoms with Gasteiger partial charge in [0.2, 0.25) is 0 Å². The smallest absolute Gasteiger partial charge is 0.153 e. The Bertz CT molecular complexity index is 505. The molecule has 0 amide bonds. The number of benzene rings is 1. The zero-order valence-corrected chi connectivity index (χ0v) is 9.71. The summed E-state index contributed by atoms with van der Waals surface area (Å²) in [7, 11) is 0. The number of aromatic amines is 1. The van der Waals surface area contributed by atoms with Gasteiger partial charge in [-0.1, -0.05) is 22.0 Å². The fraction of sp³-hybridized carbons (Fsp3) is 0.0909. The van der Waals surface area contributed by atoms with Crippen molar-refractivity contribution in [3.8, 4) is 11.3 Å². The molecule has 2 aromatic rings. The molecule has 0 unspecified atom stereocenters. The van der Waals surface area contributed by atoms with Crippen molar-refractivity contribution < 1.29 is 4.79 Å². The molecule has 1 heterocycles. The van der Waals surface area contributed by atoms with E-state index in [1.165, 1.54) is 6.20 Å². The summed E-state index contributed by atoms with van der Waals surface area (Å²) in [6.45, 7) is 2.00. The van der Waals surface area contributed by atoms with Gasteiger partial charge in [-0.15, -0.1) is 0 Å². The Labute approximate surface area is 95.6 Å². The topological polar surface area (TPSA) is 45.8 Å². The van der Waals surface area contributed by atoms with E-state index in [2.05, 4.69) is 26.1 Å². The number of rotatable bonds is 2. The number of aryl methyl sites for hydroxylation is 1. The monoisotopic (exact) mass is 264 g/mol. The Kier molecular flexibility index (Phi) is 2.68. The molecule has 0 saturated carbocycles. The fourth-order valence-corrected chi connectivity index (χ4v) is 1.66. The second kappa shape index (κ2) is 3.98. The fourth-order valence-electron chi connectivity index (χ4n) is 1.42. The number of H-pyrrole nitrogens is 1. The molecule has 1 N–H and O–H groups in total. The van der Waals surface area contributed by atoms with Crippen molar-refractivity contribution in [3.05, 3.63) is 40.0 Å². The first-order chi connectivity index (χ1) is 7.22. The summed E-state index contributed by atoms with van der Waals surface area (Å²) in [5.41, 5.74) is 3.44. The predicted octanol–water partition coefficient (Wildman–Crippen LogP) is 2.96. The van der Waals surface area contributed by atoms with Gasteiger partial charge in [-0.05, 0) is 24.6 Å². The molecule has 0 aliphatic rings. The van der Waals surface area contributed by atoms with Crippen molar-refractivity contribution in [3.63, 3.8) is 0 Å². The van der Waals surface area contributed by atoms with Crippen molar-refractivity contribution in [1.29, 1.82) is 0 Å². The van der Waals surface area contributed by atoms with E-state index in [1.54, 1.807) is 0 Å². The summed E-state index contributed by atoms with van der Waals surface area (Å²) < 4.78 is 1.05. The van der Waals surface area contributed by atoms with Crippen LogP contribution < -0.4 is 0 Å². The molecule has 2 rings (SSSR count). The zero-order chi connectivity index (χ0) is 10.8. The summed E-state index contributed by atoms with van der Waals surface area (Å²) in [4.78, 5) is 10.7. The standard InChI is InChI=1S/C11H9BrN2O/c1-7-4-8(2-3-10(7)12)11-9(6-15)5-13-14-11/h2-6H,1H3,(H,13,14). The van der Waals surface area contributed by atoms with Crippen molar-refractivity contribution in [2.24, 2.45) is 0 Å². The Hall–Kier alpha value is -1.42. The molecule has 3 nitrogen and oxygen atoms in total. The Morgan fingerprint density at radius 1 is 1.47 bits per heavy atom. The Morgan fingerprint density at radius 3 is 2.93 bits per heavy atom. The quantitative estimate of drug-likeness (QED) is 0.848. The highest BCUT2D eigenvalue weighted by Crippen LogP contribution is 2.25. The summed E-state index contributed by atoms with van der Waals surface area (Å²) in [6.07, 6.45) is 2.33. The highest BCUT2D eigenvalue weighted by Gasteiger charge is 2.07. The van der Waals surface area contributed by atoms with Crippen LogP contribution in [0.5, 0.6) is 0 Å². The van der Waals surface area contributed by atoms with Crippen molar-refractivity contribution >= 4 is 22.2 Å². The minimum absolute atomic E-state index is 0.580. The molecule has 0 fully saturated rings. The molecule has 0 spiro atoms. The van der Waals surface area contributed by atoms with Crippen LogP contribution in [0, 0.1) is 6.92 Å². The van der Waals surface area contributed by atoms with Gasteiger partial charge in [0, 0.05) is 10.0 Å². The van der Waals surface area contributed by atoms with E-state index in [-0.39, 0.29) is 0 Å². The van der Waals surface area contributed by atoms with Gasteiger partial charge in [0.05, 0.1) is 17.5 Å². The van der Waals surface area contributed by atoms with Crippen LogP contribution in [0.4, 0.5) is 0 Å². The van der Waals surface area contributed by atoms with Gasteiger partial charge < -0.3 is 0 Å². The number of halogens is 1. The molecular weight excluding hydrogens is 256 g/mol. The van der Waals surface area contributed by atoms with Crippen LogP contribution in [0.2, 0.25) is 0 Å². The highest BCUT2D eigenvalue weighted by atomic mass is 79.9. The van der Waals surface area contributed by atoms with Gasteiger partial charge >= 0.3 is 0 Å². The van der Waals surface area contributed by atoms with Crippen LogP contribution in [0.1, 0.15) is 15.9 Å². The average Bonchev–Trinajstić information content (AvgIpc) is 2.70. The van der Waals surface area contributed by atoms with Crippen molar-refractivity contribution in [1.82, 2.24) is 10.2 Å². The van der Waals surface area contributed by atoms with Crippen molar-refractivity contribution in [2.75, 3.05) is 0 Å². The number of carbonyl (C=O) groups excluding carboxylic acids is 1. The maximum absolute atomic E-state index is 10.7. The number of aromatic nitrogens is 2. The maximum atomic E-state index is 10.7. The van der Waals surface area contributed by atoms with Gasteiger partial charge in [-0.25, -0.2) is 0 Å². The van der Waals surface area contributed by atoms with Crippen LogP contribution in [-0.2, 0) is 0 Å². The molecule has 0 aliphatic carbocycles. The van der Waals surface area contributed by atoms with Crippen LogP contribution >= 0.6 is 15.9 Å². The van der Waals surface area contributed by atoms with Gasteiger partial charge in [-0.2, -0.15) is 5.10 Å². The number of hydrogen-bond acceptors (Lipinski definition) is 2. The minimum Gasteiger partial charge on any atom is -0.298 e. The molecule has 0 radical (unpaired) electrons. The average molecular weight is 265 g/mol. The lowest BCUT2D eigenvalue weighted by Crippen LogP contribution is -1.85. The van der Waals surface area contributed by atoms with E-state index in [4.69, 9.17) is 0 Å². The van der Waals surface area contributed by atoms with Gasteiger partial charge in [0.25, 0.3) is 0 Å². The summed E-state index contributed by atoms with van der Waals surface area (Å²) >= 11 is 3.43. The second-order valence-corrected chi connectivity index (χ2v) is 4.14. The lowest BCUT2D eigenvalue weighted by molar-refractivity contribution is 0.112. The van der Waals surface area contributed by atoms with Crippen LogP contribution in [0.15, 0.2) is 28.9 Å². The molecule has 4 heteroatoms.